The standard InChI is InChI=1S/C2H3BF6N/c4-1(5,6)3(10)2(7,8)9/h10H3/q+1. The Kier molecular flexibility index (Phi) is 2.24. The van der Waals surface area contributed by atoms with Gasteiger partial charge in [0, 0.05) is 0 Å². The number of hydrogen-bond acceptors (Lipinski definition) is 0. The maximum Gasteiger partial charge on any atom is 0.630 e. The van der Waals surface area contributed by atoms with Crippen molar-refractivity contribution in [1.82, 2.24) is 0 Å². The molecule has 0 saturated carbocycles. The van der Waals surface area contributed by atoms with Crippen molar-refractivity contribution in [3.05, 3.63) is 0 Å². The molecule has 0 fully saturated rings. The lowest BCUT2D eigenvalue weighted by molar-refractivity contribution is -0.275. The Morgan fingerprint density at radius 1 is 0.800 bits per heavy atom. The van der Waals surface area contributed by atoms with Gasteiger partial charge in [-0.05, 0) is 0 Å². The molecule has 0 rings (SSSR count). The monoisotopic (exact) mass is 166 g/mol. The van der Waals surface area contributed by atoms with E-state index in [2.05, 4.69) is 0 Å². The van der Waals surface area contributed by atoms with Gasteiger partial charge in [-0.2, -0.15) is 26.3 Å². The van der Waals surface area contributed by atoms with E-state index in [4.69, 9.17) is 0 Å². The smallest absolute Gasteiger partial charge is 0.413 e. The fourth-order valence-electron chi connectivity index (χ4n) is 0.186. The van der Waals surface area contributed by atoms with Crippen LogP contribution in [0.2, 0.25) is 0 Å². The molecule has 0 aliphatic rings. The minimum atomic E-state index is -5.29. The van der Waals surface area contributed by atoms with E-state index < -0.39 is 19.0 Å². The molecular formula is C2H3BF6N+. The van der Waals surface area contributed by atoms with Gasteiger partial charge in [0.2, 0.25) is 0 Å². The van der Waals surface area contributed by atoms with Gasteiger partial charge in [0.15, 0.2) is 0 Å². The van der Waals surface area contributed by atoms with Crippen molar-refractivity contribution in [1.29, 1.82) is 0 Å². The van der Waals surface area contributed by atoms with Crippen molar-refractivity contribution in [2.75, 3.05) is 0 Å². The van der Waals surface area contributed by atoms with Crippen LogP contribution in [0.4, 0.5) is 26.3 Å². The number of rotatable bonds is 0. The zero-order chi connectivity index (χ0) is 8.58. The minimum absolute atomic E-state index is 1.93. The predicted molar refractivity (Wildman–Crippen MR) is 20.8 cm³/mol. The summed E-state index contributed by atoms with van der Waals surface area (Å²) in [6.45, 7) is -3.49. The normalized spacial score (nSPS) is 13.5. The Hall–Kier alpha value is -0.395. The first kappa shape index (κ1) is 9.60. The van der Waals surface area contributed by atoms with Gasteiger partial charge in [0.25, 0.3) is 0 Å². The molecule has 0 spiro atoms. The van der Waals surface area contributed by atoms with E-state index in [1.54, 1.807) is 0 Å². The van der Waals surface area contributed by atoms with Crippen LogP contribution in [0, 0.1) is 0 Å². The lowest BCUT2D eigenvalue weighted by atomic mass is 9.62. The van der Waals surface area contributed by atoms with Gasteiger partial charge < -0.3 is 5.64 Å². The average Bonchev–Trinajstić information content (AvgIpc) is 1.59. The first-order valence-electron chi connectivity index (χ1n) is 2.12. The summed E-state index contributed by atoms with van der Waals surface area (Å²) >= 11 is 0. The summed E-state index contributed by atoms with van der Waals surface area (Å²) in [7, 11) is 0. The minimum Gasteiger partial charge on any atom is -0.413 e. The van der Waals surface area contributed by atoms with E-state index in [0.717, 1.165) is 0 Å². The summed E-state index contributed by atoms with van der Waals surface area (Å²) in [6, 6.07) is 0. The zero-order valence-corrected chi connectivity index (χ0v) is 4.55. The van der Waals surface area contributed by atoms with Crippen LogP contribution >= 0.6 is 0 Å². The molecule has 3 N–H and O–H groups in total. The van der Waals surface area contributed by atoms with Crippen LogP contribution in [0.25, 0.3) is 0 Å². The summed E-state index contributed by atoms with van der Waals surface area (Å²) in [4.78, 5) is 0. The summed E-state index contributed by atoms with van der Waals surface area (Å²) in [5.74, 6) is 0. The molecule has 1 nitrogen and oxygen atoms in total. The maximum absolute atomic E-state index is 11.2. The Morgan fingerprint density at radius 2 is 1.00 bits per heavy atom. The molecule has 0 heterocycles. The molecular weight excluding hydrogens is 163 g/mol. The molecule has 10 heavy (non-hydrogen) atoms. The molecule has 0 saturated heterocycles. The van der Waals surface area contributed by atoms with Crippen molar-refractivity contribution < 1.29 is 32.0 Å². The molecule has 60 valence electrons. The van der Waals surface area contributed by atoms with Crippen molar-refractivity contribution in [3.8, 4) is 0 Å². The molecule has 0 aliphatic carbocycles. The van der Waals surface area contributed by atoms with Gasteiger partial charge in [-0.25, -0.2) is 0 Å². The van der Waals surface area contributed by atoms with Gasteiger partial charge in [-0.1, -0.05) is 0 Å². The van der Waals surface area contributed by atoms with Gasteiger partial charge >= 0.3 is 19.0 Å². The van der Waals surface area contributed by atoms with Gasteiger partial charge in [0.1, 0.15) is 0 Å². The topological polar surface area (TPSA) is 27.6 Å². The zero-order valence-electron chi connectivity index (χ0n) is 4.55. The highest BCUT2D eigenvalue weighted by molar-refractivity contribution is 6.53. The fraction of sp³-hybridized carbons (Fsp3) is 1.00. The number of quaternary nitrogens is 1. The second-order valence-corrected chi connectivity index (χ2v) is 1.64. The van der Waals surface area contributed by atoms with Gasteiger partial charge in [0.05, 0.1) is 0 Å². The highest BCUT2D eigenvalue weighted by Gasteiger charge is 2.66. The van der Waals surface area contributed by atoms with Crippen LogP contribution in [-0.2, 0) is 0 Å². The maximum atomic E-state index is 11.2. The first-order chi connectivity index (χ1) is 4.15. The van der Waals surface area contributed by atoms with Crippen LogP contribution in [-0.4, -0.2) is 19.0 Å². The Morgan fingerprint density at radius 3 is 1.00 bits per heavy atom. The Bertz CT molecular complexity index is 99.9. The van der Waals surface area contributed by atoms with Crippen LogP contribution in [0.1, 0.15) is 0 Å². The van der Waals surface area contributed by atoms with Crippen LogP contribution in [0.5, 0.6) is 0 Å². The lowest BCUT2D eigenvalue weighted by Crippen LogP contribution is -2.79. The molecule has 0 unspecified atom stereocenters. The van der Waals surface area contributed by atoms with Crippen molar-refractivity contribution in [3.63, 3.8) is 0 Å². The van der Waals surface area contributed by atoms with Crippen molar-refractivity contribution in [2.24, 2.45) is 0 Å². The van der Waals surface area contributed by atoms with E-state index >= 15 is 0 Å². The molecule has 0 radical (unpaired) electrons. The lowest BCUT2D eigenvalue weighted by Gasteiger charge is -2.08. The summed E-state index contributed by atoms with van der Waals surface area (Å²) in [5, 5.41) is 0. The quantitative estimate of drug-likeness (QED) is 0.399. The van der Waals surface area contributed by atoms with Crippen molar-refractivity contribution in [2.45, 2.75) is 12.2 Å². The summed E-state index contributed by atoms with van der Waals surface area (Å²) in [5.41, 5.74) is 1.93. The fourth-order valence-corrected chi connectivity index (χ4v) is 0.186. The predicted octanol–water partition coefficient (Wildman–Crippen LogP) is 0.423. The molecule has 0 aromatic rings. The van der Waals surface area contributed by atoms with Crippen LogP contribution < -0.4 is 5.64 Å². The Balaban J connectivity index is 4.23. The third-order valence-corrected chi connectivity index (χ3v) is 0.790. The number of hydrogen-bond donors (Lipinski definition) is 1. The van der Waals surface area contributed by atoms with E-state index in [1.807, 2.05) is 5.64 Å². The van der Waals surface area contributed by atoms with E-state index in [-0.39, 0.29) is 0 Å². The molecule has 0 aromatic heterocycles. The summed E-state index contributed by atoms with van der Waals surface area (Å²) < 4.78 is 67.0. The third kappa shape index (κ3) is 2.46. The second kappa shape index (κ2) is 2.33. The van der Waals surface area contributed by atoms with Gasteiger partial charge in [-0.3, -0.25) is 0 Å². The molecule has 0 aliphatic heterocycles. The number of alkyl halides is 6. The average molecular weight is 166 g/mol. The van der Waals surface area contributed by atoms with Gasteiger partial charge in [-0.15, -0.1) is 0 Å². The third-order valence-electron chi connectivity index (χ3n) is 0.790. The molecule has 0 bridgehead atoms. The summed E-state index contributed by atoms with van der Waals surface area (Å²) in [6.07, 6.45) is -10.6. The highest BCUT2D eigenvalue weighted by Crippen LogP contribution is 2.26. The van der Waals surface area contributed by atoms with Crippen molar-refractivity contribution >= 4 is 6.85 Å². The molecule has 0 atom stereocenters. The van der Waals surface area contributed by atoms with E-state index in [9.17, 15) is 26.3 Å². The van der Waals surface area contributed by atoms with Crippen LogP contribution in [0.3, 0.4) is 0 Å². The van der Waals surface area contributed by atoms with Crippen LogP contribution in [0.15, 0.2) is 0 Å². The highest BCUT2D eigenvalue weighted by atomic mass is 19.4. The second-order valence-electron chi connectivity index (χ2n) is 1.64. The molecule has 0 amide bonds. The Labute approximate surface area is 52.3 Å². The first-order valence-corrected chi connectivity index (χ1v) is 2.12. The van der Waals surface area contributed by atoms with E-state index in [1.165, 1.54) is 0 Å². The van der Waals surface area contributed by atoms with E-state index in [0.29, 0.717) is 0 Å². The largest absolute Gasteiger partial charge is 0.630 e. The SMILES string of the molecule is [NH3+]B(C(F)(F)F)C(F)(F)F. The molecule has 8 heteroatoms. The number of halogens is 6. The molecule has 0 aromatic carbocycles.